The second-order valence-corrected chi connectivity index (χ2v) is 6.03. The van der Waals surface area contributed by atoms with Gasteiger partial charge in [-0.2, -0.15) is 0 Å². The number of methoxy groups -OCH3 is 1. The third-order valence-electron chi connectivity index (χ3n) is 4.30. The van der Waals surface area contributed by atoms with Gasteiger partial charge >= 0.3 is 0 Å². The molecular weight excluding hydrogens is 330 g/mol. The van der Waals surface area contributed by atoms with Gasteiger partial charge in [-0.15, -0.1) is 0 Å². The number of nitrogens with one attached hydrogen (secondary N) is 2. The number of pyridine rings is 1. The lowest BCUT2D eigenvalue weighted by Crippen LogP contribution is -2.43. The minimum Gasteiger partial charge on any atom is -0.497 e. The van der Waals surface area contributed by atoms with Crippen molar-refractivity contribution in [2.45, 2.75) is 0 Å². The van der Waals surface area contributed by atoms with E-state index < -0.39 is 0 Å². The molecule has 7 nitrogen and oxygen atoms in total. The molecule has 0 amide bonds. The summed E-state index contributed by atoms with van der Waals surface area (Å²) in [6.07, 6.45) is 3.49. The van der Waals surface area contributed by atoms with Crippen LogP contribution in [-0.4, -0.2) is 43.3 Å². The van der Waals surface area contributed by atoms with Gasteiger partial charge in [0.2, 0.25) is 0 Å². The van der Waals surface area contributed by atoms with Crippen molar-refractivity contribution >= 4 is 17.5 Å². The first-order chi connectivity index (χ1) is 12.8. The fraction of sp³-hybridized carbons (Fsp3) is 0.263. The Morgan fingerprint density at radius 2 is 2.00 bits per heavy atom. The van der Waals surface area contributed by atoms with Gasteiger partial charge in [0, 0.05) is 31.7 Å². The van der Waals surface area contributed by atoms with Crippen LogP contribution in [0.4, 0.5) is 17.5 Å². The lowest BCUT2D eigenvalue weighted by Gasteiger charge is -2.28. The van der Waals surface area contributed by atoms with Crippen LogP contribution in [0.2, 0.25) is 0 Å². The van der Waals surface area contributed by atoms with Crippen LogP contribution in [0.5, 0.6) is 5.75 Å². The molecule has 1 saturated heterocycles. The highest BCUT2D eigenvalue weighted by molar-refractivity contribution is 5.61. The molecule has 1 aliphatic rings. The highest BCUT2D eigenvalue weighted by Crippen LogP contribution is 2.27. The van der Waals surface area contributed by atoms with E-state index in [4.69, 9.17) is 9.15 Å². The van der Waals surface area contributed by atoms with Crippen molar-refractivity contribution in [1.82, 2.24) is 15.3 Å². The summed E-state index contributed by atoms with van der Waals surface area (Å²) in [7, 11) is 1.64. The number of hydrogen-bond acceptors (Lipinski definition) is 7. The zero-order valence-corrected chi connectivity index (χ0v) is 14.6. The van der Waals surface area contributed by atoms with E-state index in [9.17, 15) is 0 Å². The molecule has 0 radical (unpaired) electrons. The van der Waals surface area contributed by atoms with Crippen LogP contribution in [0.1, 0.15) is 0 Å². The zero-order valence-electron chi connectivity index (χ0n) is 14.6. The van der Waals surface area contributed by atoms with Gasteiger partial charge in [-0.25, -0.2) is 9.97 Å². The first-order valence-corrected chi connectivity index (χ1v) is 8.61. The average Bonchev–Trinajstić information content (AvgIpc) is 3.18. The summed E-state index contributed by atoms with van der Waals surface area (Å²) in [5.74, 6) is 2.44. The summed E-state index contributed by atoms with van der Waals surface area (Å²) in [6, 6.07) is 12.1. The number of aromatic nitrogens is 2. The number of nitrogens with zero attached hydrogens (tertiary/aromatic N) is 3. The highest BCUT2D eigenvalue weighted by atomic mass is 16.5. The Morgan fingerprint density at radius 1 is 1.12 bits per heavy atom. The summed E-state index contributed by atoms with van der Waals surface area (Å²) in [5.41, 5.74) is 1.75. The molecule has 0 spiro atoms. The topological polar surface area (TPSA) is 75.5 Å². The molecule has 3 aromatic rings. The summed E-state index contributed by atoms with van der Waals surface area (Å²) in [5, 5.41) is 6.49. The van der Waals surface area contributed by atoms with Crippen molar-refractivity contribution in [3.63, 3.8) is 0 Å². The second-order valence-electron chi connectivity index (χ2n) is 6.03. The number of oxazole rings is 1. The quantitative estimate of drug-likeness (QED) is 0.732. The van der Waals surface area contributed by atoms with Gasteiger partial charge < -0.3 is 24.7 Å². The Balaban J connectivity index is 1.45. The van der Waals surface area contributed by atoms with E-state index in [0.717, 1.165) is 49.0 Å². The standard InChI is InChI=1S/C19H21N5O2/c1-25-16-4-2-3-14(11-16)17-13-22-19(26-17)23-15-5-6-18(21-12-15)24-9-7-20-8-10-24/h2-6,11-13,20H,7-10H2,1H3,(H,22,23). The van der Waals surface area contributed by atoms with Gasteiger partial charge in [0.05, 0.1) is 25.2 Å². The van der Waals surface area contributed by atoms with Gasteiger partial charge in [-0.05, 0) is 24.3 Å². The van der Waals surface area contributed by atoms with Crippen LogP contribution < -0.4 is 20.3 Å². The fourth-order valence-corrected chi connectivity index (χ4v) is 2.91. The SMILES string of the molecule is COc1cccc(-c2cnc(Nc3ccc(N4CCNCC4)nc3)o2)c1. The predicted molar refractivity (Wildman–Crippen MR) is 101 cm³/mol. The molecule has 0 aliphatic carbocycles. The summed E-state index contributed by atoms with van der Waals surface area (Å²) in [4.78, 5) is 11.1. The molecule has 0 unspecified atom stereocenters. The van der Waals surface area contributed by atoms with Crippen LogP contribution in [0.3, 0.4) is 0 Å². The third kappa shape index (κ3) is 3.62. The molecule has 1 fully saturated rings. The maximum absolute atomic E-state index is 5.80. The molecular formula is C19H21N5O2. The third-order valence-corrected chi connectivity index (χ3v) is 4.30. The van der Waals surface area contributed by atoms with E-state index in [0.29, 0.717) is 11.8 Å². The van der Waals surface area contributed by atoms with Crippen molar-refractivity contribution in [3.8, 4) is 17.1 Å². The van der Waals surface area contributed by atoms with Crippen LogP contribution in [0, 0.1) is 0 Å². The van der Waals surface area contributed by atoms with Crippen LogP contribution in [0.15, 0.2) is 53.2 Å². The molecule has 1 aromatic carbocycles. The van der Waals surface area contributed by atoms with Crippen molar-refractivity contribution in [2.24, 2.45) is 0 Å². The molecule has 134 valence electrons. The molecule has 0 saturated carbocycles. The number of rotatable bonds is 5. The van der Waals surface area contributed by atoms with Gasteiger partial charge in [0.25, 0.3) is 6.01 Å². The van der Waals surface area contributed by atoms with Crippen molar-refractivity contribution in [2.75, 3.05) is 43.5 Å². The van der Waals surface area contributed by atoms with Crippen molar-refractivity contribution < 1.29 is 9.15 Å². The molecule has 3 heterocycles. The van der Waals surface area contributed by atoms with Crippen LogP contribution >= 0.6 is 0 Å². The van der Waals surface area contributed by atoms with Gasteiger partial charge in [-0.1, -0.05) is 12.1 Å². The first-order valence-electron chi connectivity index (χ1n) is 8.61. The molecule has 26 heavy (non-hydrogen) atoms. The van der Waals surface area contributed by atoms with E-state index in [1.807, 2.05) is 36.4 Å². The normalized spacial score (nSPS) is 14.3. The Morgan fingerprint density at radius 3 is 2.77 bits per heavy atom. The lowest BCUT2D eigenvalue weighted by molar-refractivity contribution is 0.415. The number of piperazine rings is 1. The molecule has 4 rings (SSSR count). The molecule has 0 atom stereocenters. The maximum Gasteiger partial charge on any atom is 0.299 e. The summed E-state index contributed by atoms with van der Waals surface area (Å²) >= 11 is 0. The Kier molecular flexibility index (Phi) is 4.70. The zero-order chi connectivity index (χ0) is 17.8. The van der Waals surface area contributed by atoms with Crippen LogP contribution in [0.25, 0.3) is 11.3 Å². The van der Waals surface area contributed by atoms with E-state index in [-0.39, 0.29) is 0 Å². The summed E-state index contributed by atoms with van der Waals surface area (Å²) in [6.45, 7) is 3.93. The molecule has 7 heteroatoms. The van der Waals surface area contributed by atoms with E-state index >= 15 is 0 Å². The van der Waals surface area contributed by atoms with E-state index in [1.54, 1.807) is 19.5 Å². The van der Waals surface area contributed by atoms with Gasteiger partial charge in [0.1, 0.15) is 11.6 Å². The molecule has 1 aliphatic heterocycles. The predicted octanol–water partition coefficient (Wildman–Crippen LogP) is 2.90. The average molecular weight is 351 g/mol. The van der Waals surface area contributed by atoms with Crippen molar-refractivity contribution in [1.29, 1.82) is 0 Å². The maximum atomic E-state index is 5.80. The lowest BCUT2D eigenvalue weighted by atomic mass is 10.2. The smallest absolute Gasteiger partial charge is 0.299 e. The number of hydrogen-bond donors (Lipinski definition) is 2. The van der Waals surface area contributed by atoms with E-state index in [1.165, 1.54) is 0 Å². The van der Waals surface area contributed by atoms with Gasteiger partial charge in [-0.3, -0.25) is 0 Å². The Bertz CT molecular complexity index is 856. The largest absolute Gasteiger partial charge is 0.497 e. The number of ether oxygens (including phenoxy) is 1. The Labute approximate surface area is 152 Å². The molecule has 2 N–H and O–H groups in total. The highest BCUT2D eigenvalue weighted by Gasteiger charge is 2.12. The van der Waals surface area contributed by atoms with E-state index in [2.05, 4.69) is 25.5 Å². The van der Waals surface area contributed by atoms with Crippen LogP contribution in [-0.2, 0) is 0 Å². The molecule has 2 aromatic heterocycles. The molecule has 0 bridgehead atoms. The fourth-order valence-electron chi connectivity index (χ4n) is 2.91. The summed E-state index contributed by atoms with van der Waals surface area (Å²) < 4.78 is 11.0. The van der Waals surface area contributed by atoms with Crippen molar-refractivity contribution in [3.05, 3.63) is 48.8 Å². The number of anilines is 3. The number of benzene rings is 1. The Hall–Kier alpha value is -3.06. The minimum absolute atomic E-state index is 0.430. The first kappa shape index (κ1) is 16.4. The van der Waals surface area contributed by atoms with Gasteiger partial charge in [0.15, 0.2) is 5.76 Å². The minimum atomic E-state index is 0.430. The monoisotopic (exact) mass is 351 g/mol. The second kappa shape index (κ2) is 7.45.